The topological polar surface area (TPSA) is 54.9 Å². The van der Waals surface area contributed by atoms with Crippen molar-refractivity contribution in [1.82, 2.24) is 10.6 Å². The summed E-state index contributed by atoms with van der Waals surface area (Å²) in [5.74, 6) is 1.64. The molecule has 0 aliphatic carbocycles. The van der Waals surface area contributed by atoms with Gasteiger partial charge in [-0.3, -0.25) is 4.99 Å². The third kappa shape index (κ3) is 8.43. The third-order valence-electron chi connectivity index (χ3n) is 2.91. The van der Waals surface area contributed by atoms with Crippen molar-refractivity contribution in [3.63, 3.8) is 0 Å². The van der Waals surface area contributed by atoms with Gasteiger partial charge in [-0.25, -0.2) is 0 Å². The summed E-state index contributed by atoms with van der Waals surface area (Å²) < 4.78 is 11.0. The van der Waals surface area contributed by atoms with Crippen molar-refractivity contribution >= 4 is 29.9 Å². The minimum Gasteiger partial charge on any atom is -0.489 e. The van der Waals surface area contributed by atoms with E-state index in [1.807, 2.05) is 32.0 Å². The lowest BCUT2D eigenvalue weighted by molar-refractivity contribution is 0.178. The number of rotatable bonds is 7. The van der Waals surface area contributed by atoms with Crippen LogP contribution in [0.3, 0.4) is 0 Å². The van der Waals surface area contributed by atoms with Gasteiger partial charge in [0.1, 0.15) is 11.9 Å². The van der Waals surface area contributed by atoms with E-state index < -0.39 is 0 Å². The number of hydrogen-bond donors (Lipinski definition) is 2. The first-order chi connectivity index (χ1) is 10.0. The number of methoxy groups -OCH3 is 1. The number of hydrogen-bond acceptors (Lipinski definition) is 3. The van der Waals surface area contributed by atoms with Crippen LogP contribution in [0.1, 0.15) is 19.4 Å². The van der Waals surface area contributed by atoms with Crippen LogP contribution in [0.15, 0.2) is 29.3 Å². The monoisotopic (exact) mass is 421 g/mol. The number of aliphatic imine (C=N–C) groups is 1. The Hall–Kier alpha value is -1.02. The molecule has 22 heavy (non-hydrogen) atoms. The highest BCUT2D eigenvalue weighted by Gasteiger charge is 2.08. The zero-order valence-corrected chi connectivity index (χ0v) is 16.4. The van der Waals surface area contributed by atoms with Crippen molar-refractivity contribution in [3.05, 3.63) is 29.8 Å². The fourth-order valence-corrected chi connectivity index (χ4v) is 1.92. The standard InChI is InChI=1S/C16H27N3O2.HI/c1-12-7-6-8-15(9-12)21-14(3)10-18-16(17-4)19-13(2)11-20-5;/h6-9,13-14H,10-11H2,1-5H3,(H2,17,18,19);1H. The molecule has 1 aromatic carbocycles. The van der Waals surface area contributed by atoms with E-state index in [1.54, 1.807) is 14.2 Å². The van der Waals surface area contributed by atoms with E-state index in [0.29, 0.717) is 13.2 Å². The van der Waals surface area contributed by atoms with Gasteiger partial charge in [-0.05, 0) is 38.5 Å². The summed E-state index contributed by atoms with van der Waals surface area (Å²) in [6, 6.07) is 8.26. The molecule has 0 aliphatic heterocycles. The van der Waals surface area contributed by atoms with Crippen LogP contribution in [0.2, 0.25) is 0 Å². The quantitative estimate of drug-likeness (QED) is 0.404. The Morgan fingerprint density at radius 2 is 2.05 bits per heavy atom. The Labute approximate surface area is 150 Å². The lowest BCUT2D eigenvalue weighted by Crippen LogP contribution is -2.46. The highest BCUT2D eigenvalue weighted by atomic mass is 127. The maximum atomic E-state index is 5.87. The number of aryl methyl sites for hydroxylation is 1. The molecule has 0 saturated carbocycles. The molecule has 6 heteroatoms. The van der Waals surface area contributed by atoms with Crippen LogP contribution in [0.5, 0.6) is 5.75 Å². The first kappa shape index (κ1) is 21.0. The van der Waals surface area contributed by atoms with E-state index in [9.17, 15) is 0 Å². The lowest BCUT2D eigenvalue weighted by Gasteiger charge is -2.20. The van der Waals surface area contributed by atoms with Crippen molar-refractivity contribution in [3.8, 4) is 5.75 Å². The van der Waals surface area contributed by atoms with Gasteiger partial charge >= 0.3 is 0 Å². The number of nitrogens with one attached hydrogen (secondary N) is 2. The largest absolute Gasteiger partial charge is 0.489 e. The SMILES string of the molecule is CN=C(NCC(C)Oc1cccc(C)c1)NC(C)COC.I. The predicted molar refractivity (Wildman–Crippen MR) is 103 cm³/mol. The van der Waals surface area contributed by atoms with Crippen LogP contribution in [-0.4, -0.2) is 45.4 Å². The molecule has 2 N–H and O–H groups in total. The fourth-order valence-electron chi connectivity index (χ4n) is 1.92. The second kappa shape index (κ2) is 11.5. The Balaban J connectivity index is 0.00000441. The molecule has 126 valence electrons. The molecule has 0 aliphatic rings. The number of guanidine groups is 1. The highest BCUT2D eigenvalue weighted by molar-refractivity contribution is 14.0. The zero-order chi connectivity index (χ0) is 15.7. The summed E-state index contributed by atoms with van der Waals surface area (Å²) in [6.45, 7) is 7.44. The summed E-state index contributed by atoms with van der Waals surface area (Å²) in [4.78, 5) is 4.19. The molecule has 0 spiro atoms. The van der Waals surface area contributed by atoms with Crippen LogP contribution in [0.4, 0.5) is 0 Å². The van der Waals surface area contributed by atoms with Crippen molar-refractivity contribution < 1.29 is 9.47 Å². The number of ether oxygens (including phenoxy) is 2. The molecule has 0 saturated heterocycles. The van der Waals surface area contributed by atoms with E-state index >= 15 is 0 Å². The van der Waals surface area contributed by atoms with Gasteiger partial charge < -0.3 is 20.1 Å². The molecule has 0 radical (unpaired) electrons. The molecule has 0 amide bonds. The molecule has 5 nitrogen and oxygen atoms in total. The van der Waals surface area contributed by atoms with Gasteiger partial charge in [0.2, 0.25) is 0 Å². The minimum atomic E-state index is 0. The Bertz CT molecular complexity index is 455. The van der Waals surface area contributed by atoms with Crippen LogP contribution in [-0.2, 0) is 4.74 Å². The number of nitrogens with zero attached hydrogens (tertiary/aromatic N) is 1. The van der Waals surface area contributed by atoms with E-state index in [2.05, 4.69) is 28.6 Å². The van der Waals surface area contributed by atoms with Gasteiger partial charge in [-0.1, -0.05) is 12.1 Å². The molecule has 2 atom stereocenters. The smallest absolute Gasteiger partial charge is 0.191 e. The van der Waals surface area contributed by atoms with E-state index in [1.165, 1.54) is 5.56 Å². The van der Waals surface area contributed by atoms with Gasteiger partial charge in [0, 0.05) is 20.2 Å². The van der Waals surface area contributed by atoms with Crippen LogP contribution in [0, 0.1) is 6.92 Å². The molecule has 0 heterocycles. The predicted octanol–water partition coefficient (Wildman–Crippen LogP) is 2.58. The summed E-state index contributed by atoms with van der Waals surface area (Å²) in [5.41, 5.74) is 1.19. The second-order valence-electron chi connectivity index (χ2n) is 5.20. The Kier molecular flexibility index (Phi) is 11.0. The van der Waals surface area contributed by atoms with Crippen molar-refractivity contribution in [2.45, 2.75) is 32.9 Å². The molecular formula is C16H28IN3O2. The molecular weight excluding hydrogens is 393 g/mol. The molecule has 2 unspecified atom stereocenters. The maximum Gasteiger partial charge on any atom is 0.191 e. The van der Waals surface area contributed by atoms with E-state index in [4.69, 9.17) is 9.47 Å². The summed E-state index contributed by atoms with van der Waals surface area (Å²) in [7, 11) is 3.44. The van der Waals surface area contributed by atoms with Crippen molar-refractivity contribution in [2.24, 2.45) is 4.99 Å². The molecule has 0 aromatic heterocycles. The van der Waals surface area contributed by atoms with E-state index in [-0.39, 0.29) is 36.1 Å². The van der Waals surface area contributed by atoms with Gasteiger partial charge in [0.05, 0.1) is 13.2 Å². The molecule has 1 aromatic rings. The van der Waals surface area contributed by atoms with Crippen LogP contribution >= 0.6 is 24.0 Å². The lowest BCUT2D eigenvalue weighted by atomic mass is 10.2. The third-order valence-corrected chi connectivity index (χ3v) is 2.91. The van der Waals surface area contributed by atoms with Crippen LogP contribution in [0.25, 0.3) is 0 Å². The van der Waals surface area contributed by atoms with Gasteiger partial charge in [-0.2, -0.15) is 0 Å². The highest BCUT2D eigenvalue weighted by Crippen LogP contribution is 2.13. The normalized spacial score (nSPS) is 13.8. The minimum absolute atomic E-state index is 0. The summed E-state index contributed by atoms with van der Waals surface area (Å²) in [6.07, 6.45) is 0.0445. The second-order valence-corrected chi connectivity index (χ2v) is 5.20. The summed E-state index contributed by atoms with van der Waals surface area (Å²) >= 11 is 0. The zero-order valence-electron chi connectivity index (χ0n) is 14.1. The van der Waals surface area contributed by atoms with Crippen molar-refractivity contribution in [2.75, 3.05) is 27.3 Å². The molecule has 0 fully saturated rings. The average molecular weight is 421 g/mol. The summed E-state index contributed by atoms with van der Waals surface area (Å²) in [5, 5.41) is 6.51. The molecule has 0 bridgehead atoms. The van der Waals surface area contributed by atoms with Crippen LogP contribution < -0.4 is 15.4 Å². The Morgan fingerprint density at radius 3 is 2.64 bits per heavy atom. The van der Waals surface area contributed by atoms with Gasteiger partial charge in [0.15, 0.2) is 5.96 Å². The van der Waals surface area contributed by atoms with Crippen molar-refractivity contribution in [1.29, 1.82) is 0 Å². The van der Waals surface area contributed by atoms with E-state index in [0.717, 1.165) is 11.7 Å². The first-order valence-electron chi connectivity index (χ1n) is 7.24. The average Bonchev–Trinajstić information content (AvgIpc) is 2.43. The Morgan fingerprint density at radius 1 is 1.32 bits per heavy atom. The molecule has 1 rings (SSSR count). The van der Waals surface area contributed by atoms with Gasteiger partial charge in [0.25, 0.3) is 0 Å². The number of halogens is 1. The first-order valence-corrected chi connectivity index (χ1v) is 7.24. The maximum absolute atomic E-state index is 5.87. The fraction of sp³-hybridized carbons (Fsp3) is 0.562. The number of benzene rings is 1. The van der Waals surface area contributed by atoms with Gasteiger partial charge in [-0.15, -0.1) is 24.0 Å².